The van der Waals surface area contributed by atoms with Crippen molar-refractivity contribution >= 4 is 7.60 Å². The van der Waals surface area contributed by atoms with Crippen LogP contribution in [0.25, 0.3) is 0 Å². The topological polar surface area (TPSA) is 95.6 Å². The molecule has 0 spiro atoms. The van der Waals surface area contributed by atoms with Crippen LogP contribution in [-0.2, 0) is 11.0 Å². The molecule has 1 unspecified atom stereocenters. The van der Waals surface area contributed by atoms with Gasteiger partial charge in [0.15, 0.2) is 0 Å². The van der Waals surface area contributed by atoms with Gasteiger partial charge in [-0.15, -0.1) is 0 Å². The third-order valence-corrected chi connectivity index (χ3v) is 3.29. The predicted molar refractivity (Wildman–Crippen MR) is 58.0 cm³/mol. The van der Waals surface area contributed by atoms with Crippen LogP contribution in [-0.4, -0.2) is 15.6 Å². The molecule has 0 fully saturated rings. The minimum Gasteiger partial charge on any atom is -0.323 e. The Kier molecular flexibility index (Phi) is 4.02. The van der Waals surface area contributed by atoms with E-state index in [0.717, 1.165) is 11.1 Å². The third kappa shape index (κ3) is 3.74. The average molecular weight is 230 g/mol. The van der Waals surface area contributed by atoms with Crippen LogP contribution in [0.4, 0.5) is 0 Å². The van der Waals surface area contributed by atoms with E-state index >= 15 is 0 Å². The van der Waals surface area contributed by atoms with E-state index in [9.17, 15) is 4.57 Å². The van der Waals surface area contributed by atoms with Crippen LogP contribution in [0.15, 0.2) is 24.3 Å². The maximum absolute atomic E-state index is 11.0. The van der Waals surface area contributed by atoms with E-state index in [0.29, 0.717) is 0 Å². The molecule has 0 aliphatic carbocycles. The van der Waals surface area contributed by atoms with Gasteiger partial charge in [0.1, 0.15) is 5.78 Å². The van der Waals surface area contributed by atoms with E-state index in [1.54, 1.807) is 0 Å². The van der Waals surface area contributed by atoms with Crippen molar-refractivity contribution in [3.63, 3.8) is 0 Å². The van der Waals surface area contributed by atoms with E-state index in [1.807, 2.05) is 31.2 Å². The second-order valence-corrected chi connectivity index (χ2v) is 5.26. The number of rotatable bonds is 4. The van der Waals surface area contributed by atoms with Crippen LogP contribution >= 0.6 is 7.60 Å². The molecule has 5 N–H and O–H groups in total. The van der Waals surface area contributed by atoms with Gasteiger partial charge in [-0.3, -0.25) is 10.4 Å². The predicted octanol–water partition coefficient (Wildman–Crippen LogP) is 0.505. The van der Waals surface area contributed by atoms with Crippen molar-refractivity contribution in [1.29, 1.82) is 0 Å². The molecule has 1 aromatic carbocycles. The van der Waals surface area contributed by atoms with Crippen molar-refractivity contribution in [1.82, 2.24) is 5.43 Å². The van der Waals surface area contributed by atoms with Crippen molar-refractivity contribution < 1.29 is 14.4 Å². The highest BCUT2D eigenvalue weighted by Gasteiger charge is 2.27. The number of nitrogens with one attached hydrogen (secondary N) is 1. The zero-order valence-corrected chi connectivity index (χ0v) is 9.32. The average Bonchev–Trinajstić information content (AvgIpc) is 2.15. The fourth-order valence-electron chi connectivity index (χ4n) is 1.22. The first-order valence-corrected chi connectivity index (χ1v) is 6.18. The standard InChI is InChI=1S/C9H15N2O3P/c1-7-2-4-8(5-3-7)6-9(11-10)15(12,13)14/h2-5,9,11H,6,10H2,1H3,(H2,12,13,14). The molecule has 1 atom stereocenters. The van der Waals surface area contributed by atoms with Crippen LogP contribution in [0.3, 0.4) is 0 Å². The lowest BCUT2D eigenvalue weighted by molar-refractivity contribution is 0.346. The van der Waals surface area contributed by atoms with Gasteiger partial charge in [0.2, 0.25) is 0 Å². The molecular weight excluding hydrogens is 215 g/mol. The largest absolute Gasteiger partial charge is 0.343 e. The summed E-state index contributed by atoms with van der Waals surface area (Å²) >= 11 is 0. The van der Waals surface area contributed by atoms with Crippen molar-refractivity contribution in [2.24, 2.45) is 5.84 Å². The molecule has 0 aliphatic heterocycles. The minimum absolute atomic E-state index is 0.209. The van der Waals surface area contributed by atoms with Crippen molar-refractivity contribution in [2.75, 3.05) is 0 Å². The van der Waals surface area contributed by atoms with Crippen LogP contribution in [0.1, 0.15) is 11.1 Å². The number of hydrogen-bond acceptors (Lipinski definition) is 3. The Hall–Kier alpha value is -0.710. The number of benzene rings is 1. The molecule has 1 aromatic rings. The van der Waals surface area contributed by atoms with Gasteiger partial charge in [0.05, 0.1) is 0 Å². The molecule has 6 heteroatoms. The van der Waals surface area contributed by atoms with Gasteiger partial charge in [-0.05, 0) is 12.5 Å². The number of aryl methyl sites for hydroxylation is 1. The first-order chi connectivity index (χ1) is 6.93. The maximum atomic E-state index is 11.0. The summed E-state index contributed by atoms with van der Waals surface area (Å²) in [4.78, 5) is 17.9. The molecule has 0 bridgehead atoms. The molecule has 15 heavy (non-hydrogen) atoms. The minimum atomic E-state index is -4.19. The monoisotopic (exact) mass is 230 g/mol. The van der Waals surface area contributed by atoms with Gasteiger partial charge in [0, 0.05) is 6.42 Å². The van der Waals surface area contributed by atoms with Crippen molar-refractivity contribution in [3.05, 3.63) is 35.4 Å². The number of nitrogens with two attached hydrogens (primary N) is 1. The molecule has 1 rings (SSSR count). The third-order valence-electron chi connectivity index (χ3n) is 2.15. The molecule has 0 amide bonds. The summed E-state index contributed by atoms with van der Waals surface area (Å²) in [6.45, 7) is 1.95. The van der Waals surface area contributed by atoms with Gasteiger partial charge in [-0.25, -0.2) is 5.43 Å². The molecule has 0 aliphatic rings. The second kappa shape index (κ2) is 4.88. The van der Waals surface area contributed by atoms with E-state index in [-0.39, 0.29) is 6.42 Å². The Balaban J connectivity index is 2.76. The lowest BCUT2D eigenvalue weighted by Gasteiger charge is -2.17. The summed E-state index contributed by atoms with van der Waals surface area (Å²) in [7, 11) is -4.19. The van der Waals surface area contributed by atoms with Gasteiger partial charge in [0.25, 0.3) is 0 Å². The Bertz CT molecular complexity index is 360. The zero-order chi connectivity index (χ0) is 11.5. The fraction of sp³-hybridized carbons (Fsp3) is 0.333. The Morgan fingerprint density at radius 1 is 1.40 bits per heavy atom. The van der Waals surface area contributed by atoms with Crippen molar-refractivity contribution in [3.8, 4) is 0 Å². The summed E-state index contributed by atoms with van der Waals surface area (Å²) in [6, 6.07) is 7.44. The van der Waals surface area contributed by atoms with Gasteiger partial charge in [-0.2, -0.15) is 0 Å². The molecule has 0 saturated heterocycles. The molecule has 0 heterocycles. The lowest BCUT2D eigenvalue weighted by Crippen LogP contribution is -2.36. The summed E-state index contributed by atoms with van der Waals surface area (Å²) < 4.78 is 11.0. The van der Waals surface area contributed by atoms with Gasteiger partial charge < -0.3 is 9.79 Å². The summed E-state index contributed by atoms with van der Waals surface area (Å²) in [5.41, 5.74) is 4.09. The van der Waals surface area contributed by atoms with E-state index in [4.69, 9.17) is 15.6 Å². The van der Waals surface area contributed by atoms with Crippen LogP contribution in [0, 0.1) is 6.92 Å². The Morgan fingerprint density at radius 2 is 1.93 bits per heavy atom. The maximum Gasteiger partial charge on any atom is 0.343 e. The summed E-state index contributed by atoms with van der Waals surface area (Å²) in [6.07, 6.45) is 0.209. The lowest BCUT2D eigenvalue weighted by atomic mass is 10.1. The molecule has 0 saturated carbocycles. The van der Waals surface area contributed by atoms with E-state index < -0.39 is 13.4 Å². The van der Waals surface area contributed by atoms with Crippen molar-refractivity contribution in [2.45, 2.75) is 19.1 Å². The van der Waals surface area contributed by atoms with Gasteiger partial charge in [-0.1, -0.05) is 29.8 Å². The highest BCUT2D eigenvalue weighted by Crippen LogP contribution is 2.40. The highest BCUT2D eigenvalue weighted by molar-refractivity contribution is 7.52. The fourth-order valence-corrected chi connectivity index (χ4v) is 1.87. The Labute approximate surface area is 88.4 Å². The SMILES string of the molecule is Cc1ccc(CC(NN)P(=O)(O)O)cc1. The van der Waals surface area contributed by atoms with Crippen LogP contribution < -0.4 is 11.3 Å². The Morgan fingerprint density at radius 3 is 2.33 bits per heavy atom. The highest BCUT2D eigenvalue weighted by atomic mass is 31.2. The van der Waals surface area contributed by atoms with Crippen LogP contribution in [0.2, 0.25) is 0 Å². The second-order valence-electron chi connectivity index (χ2n) is 3.46. The van der Waals surface area contributed by atoms with E-state index in [1.165, 1.54) is 0 Å². The first kappa shape index (κ1) is 12.4. The molecule has 84 valence electrons. The molecular formula is C9H15N2O3P. The summed E-state index contributed by atoms with van der Waals surface area (Å²) in [5.74, 6) is 4.07. The van der Waals surface area contributed by atoms with Gasteiger partial charge >= 0.3 is 7.60 Å². The smallest absolute Gasteiger partial charge is 0.323 e. The van der Waals surface area contributed by atoms with E-state index in [2.05, 4.69) is 5.43 Å². The van der Waals surface area contributed by atoms with Crippen LogP contribution in [0.5, 0.6) is 0 Å². The molecule has 5 nitrogen and oxygen atoms in total. The normalized spacial score (nSPS) is 13.9. The summed E-state index contributed by atoms with van der Waals surface area (Å²) in [5, 5.41) is 0. The quantitative estimate of drug-likeness (QED) is 0.343. The zero-order valence-electron chi connectivity index (χ0n) is 8.42. The molecule has 0 radical (unpaired) electrons. The number of hydrogen-bond donors (Lipinski definition) is 4. The number of hydrazine groups is 1. The molecule has 0 aromatic heterocycles. The first-order valence-electron chi connectivity index (χ1n) is 4.50.